The van der Waals surface area contributed by atoms with Gasteiger partial charge in [0.1, 0.15) is 6.54 Å². The Labute approximate surface area is 135 Å². The fourth-order valence-electron chi connectivity index (χ4n) is 3.62. The Morgan fingerprint density at radius 1 is 1.30 bits per heavy atom. The van der Waals surface area contributed by atoms with Gasteiger partial charge in [0.05, 0.1) is 11.5 Å². The molecule has 1 amide bonds. The zero-order valence-corrected chi connectivity index (χ0v) is 13.7. The monoisotopic (exact) mass is 336 g/mol. The van der Waals surface area contributed by atoms with Gasteiger partial charge in [0.2, 0.25) is 5.91 Å². The van der Waals surface area contributed by atoms with E-state index in [1.807, 2.05) is 10.2 Å². The molecule has 1 aliphatic carbocycles. The zero-order valence-electron chi connectivity index (χ0n) is 13.7. The number of carbonyl (C=O) groups is 1. The molecule has 0 aromatic rings. The van der Waals surface area contributed by atoms with E-state index in [0.29, 0.717) is 25.4 Å². The van der Waals surface area contributed by atoms with Gasteiger partial charge in [0.25, 0.3) is 0 Å². The van der Waals surface area contributed by atoms with Crippen LogP contribution in [0.3, 0.4) is 0 Å². The molecule has 0 radical (unpaired) electrons. The highest BCUT2D eigenvalue weighted by Crippen LogP contribution is 2.33. The first-order chi connectivity index (χ1) is 10.7. The van der Waals surface area contributed by atoms with Crippen LogP contribution in [0.25, 0.3) is 0 Å². The lowest BCUT2D eigenvalue weighted by molar-refractivity contribution is -0.142. The largest absolute Gasteiger partial charge is 0.405 e. The fraction of sp³-hybridized carbons (Fsp3) is 0.938. The average molecular weight is 336 g/mol. The smallest absolute Gasteiger partial charge is 0.389 e. The van der Waals surface area contributed by atoms with Crippen LogP contribution < -0.4 is 5.32 Å². The molecule has 134 valence electrons. The van der Waals surface area contributed by atoms with Crippen molar-refractivity contribution in [3.63, 3.8) is 0 Å². The van der Waals surface area contributed by atoms with Crippen LogP contribution in [-0.2, 0) is 4.79 Å². The lowest BCUT2D eigenvalue weighted by Gasteiger charge is -2.41. The summed E-state index contributed by atoms with van der Waals surface area (Å²) in [5.74, 6) is -0.314. The number of rotatable bonds is 4. The molecule has 0 unspecified atom stereocenters. The Morgan fingerprint density at radius 2 is 1.96 bits per heavy atom. The number of alkyl halides is 3. The number of amides is 1. The molecule has 0 aromatic heterocycles. The second-order valence-electron chi connectivity index (χ2n) is 7.31. The van der Waals surface area contributed by atoms with Gasteiger partial charge in [-0.2, -0.15) is 13.2 Å². The Hall–Kier alpha value is -0.820. The van der Waals surface area contributed by atoms with Crippen LogP contribution in [-0.4, -0.2) is 53.9 Å². The summed E-state index contributed by atoms with van der Waals surface area (Å²) in [6, 6.07) is 0. The molecular formula is C16H27F3N2O2. The maximum Gasteiger partial charge on any atom is 0.405 e. The van der Waals surface area contributed by atoms with E-state index in [9.17, 15) is 23.1 Å². The van der Waals surface area contributed by atoms with Crippen LogP contribution in [0, 0.1) is 11.8 Å². The Morgan fingerprint density at radius 3 is 2.57 bits per heavy atom. The van der Waals surface area contributed by atoms with Gasteiger partial charge < -0.3 is 10.4 Å². The van der Waals surface area contributed by atoms with Gasteiger partial charge in [-0.05, 0) is 51.0 Å². The predicted molar refractivity (Wildman–Crippen MR) is 80.8 cm³/mol. The van der Waals surface area contributed by atoms with Crippen molar-refractivity contribution in [3.05, 3.63) is 0 Å². The second-order valence-corrected chi connectivity index (χ2v) is 7.31. The third-order valence-corrected chi connectivity index (χ3v) is 5.06. The standard InChI is InChI=1S/C16H27F3N2O2/c1-12-4-6-15(23,7-5-12)11-21-8-2-3-13(9-21)14(22)20-10-16(17,18)19/h12-13,23H,2-11H2,1H3,(H,20,22)/t12?,13-,15?/m1/s1. The SMILES string of the molecule is CC1CCC(O)(CN2CCC[C@@H](C(=O)NCC(F)(F)F)C2)CC1. The topological polar surface area (TPSA) is 52.6 Å². The minimum Gasteiger partial charge on any atom is -0.389 e. The van der Waals surface area contributed by atoms with E-state index in [1.165, 1.54) is 0 Å². The van der Waals surface area contributed by atoms with Crippen LogP contribution in [0.4, 0.5) is 13.2 Å². The summed E-state index contributed by atoms with van der Waals surface area (Å²) in [6.45, 7) is 2.65. The Bertz CT molecular complexity index is 407. The molecule has 0 aromatic carbocycles. The summed E-state index contributed by atoms with van der Waals surface area (Å²) < 4.78 is 36.6. The van der Waals surface area contributed by atoms with Gasteiger partial charge in [0, 0.05) is 13.1 Å². The maximum absolute atomic E-state index is 12.2. The third-order valence-electron chi connectivity index (χ3n) is 5.06. The molecule has 0 spiro atoms. The number of hydrogen-bond acceptors (Lipinski definition) is 3. The molecule has 2 N–H and O–H groups in total. The lowest BCUT2D eigenvalue weighted by Crippen LogP contribution is -2.51. The quantitative estimate of drug-likeness (QED) is 0.828. The van der Waals surface area contributed by atoms with E-state index < -0.39 is 30.1 Å². The van der Waals surface area contributed by atoms with Crippen molar-refractivity contribution in [2.45, 2.75) is 57.2 Å². The molecule has 23 heavy (non-hydrogen) atoms. The molecular weight excluding hydrogens is 309 g/mol. The summed E-state index contributed by atoms with van der Waals surface area (Å²) >= 11 is 0. The average Bonchev–Trinajstić information content (AvgIpc) is 2.47. The lowest BCUT2D eigenvalue weighted by atomic mass is 9.79. The molecule has 2 aliphatic rings. The first-order valence-electron chi connectivity index (χ1n) is 8.46. The van der Waals surface area contributed by atoms with E-state index in [4.69, 9.17) is 0 Å². The van der Waals surface area contributed by atoms with Crippen molar-refractivity contribution < 1.29 is 23.1 Å². The van der Waals surface area contributed by atoms with Crippen molar-refractivity contribution in [1.82, 2.24) is 10.2 Å². The minimum absolute atomic E-state index is 0.419. The first-order valence-corrected chi connectivity index (χ1v) is 8.46. The third kappa shape index (κ3) is 5.95. The number of hydrogen-bond donors (Lipinski definition) is 2. The number of piperidine rings is 1. The van der Waals surface area contributed by atoms with Crippen LogP contribution >= 0.6 is 0 Å². The van der Waals surface area contributed by atoms with E-state index in [0.717, 1.165) is 38.6 Å². The van der Waals surface area contributed by atoms with Crippen molar-refractivity contribution in [3.8, 4) is 0 Å². The Kier molecular flexibility index (Phi) is 5.94. The number of aliphatic hydroxyl groups is 1. The highest BCUT2D eigenvalue weighted by molar-refractivity contribution is 5.79. The van der Waals surface area contributed by atoms with Gasteiger partial charge in [-0.25, -0.2) is 0 Å². The van der Waals surface area contributed by atoms with Crippen LogP contribution in [0.1, 0.15) is 45.4 Å². The molecule has 2 fully saturated rings. The summed E-state index contributed by atoms with van der Waals surface area (Å²) in [7, 11) is 0. The highest BCUT2D eigenvalue weighted by Gasteiger charge is 2.36. The number of nitrogens with one attached hydrogen (secondary N) is 1. The van der Waals surface area contributed by atoms with Gasteiger partial charge in [-0.3, -0.25) is 9.69 Å². The zero-order chi connectivity index (χ0) is 17.1. The molecule has 2 rings (SSSR count). The minimum atomic E-state index is -4.38. The summed E-state index contributed by atoms with van der Waals surface area (Å²) in [6.07, 6.45) is 0.523. The van der Waals surface area contributed by atoms with Crippen molar-refractivity contribution in [2.24, 2.45) is 11.8 Å². The molecule has 1 atom stereocenters. The molecule has 1 aliphatic heterocycles. The van der Waals surface area contributed by atoms with Gasteiger partial charge >= 0.3 is 6.18 Å². The number of likely N-dealkylation sites (tertiary alicyclic amines) is 1. The van der Waals surface area contributed by atoms with Gasteiger partial charge in [0.15, 0.2) is 0 Å². The van der Waals surface area contributed by atoms with Crippen molar-refractivity contribution >= 4 is 5.91 Å². The fourth-order valence-corrected chi connectivity index (χ4v) is 3.62. The van der Waals surface area contributed by atoms with E-state index in [-0.39, 0.29) is 0 Å². The number of β-amino-alcohol motifs (C(OH)–C–C–N with tert-alkyl or cyclic N) is 1. The molecule has 7 heteroatoms. The number of halogens is 3. The Balaban J connectivity index is 1.82. The molecule has 1 heterocycles. The molecule has 1 saturated heterocycles. The van der Waals surface area contributed by atoms with Gasteiger partial charge in [-0.15, -0.1) is 0 Å². The van der Waals surface area contributed by atoms with Crippen LogP contribution in [0.5, 0.6) is 0 Å². The molecule has 4 nitrogen and oxygen atoms in total. The molecule has 1 saturated carbocycles. The van der Waals surface area contributed by atoms with Crippen LogP contribution in [0.2, 0.25) is 0 Å². The second kappa shape index (κ2) is 7.38. The first kappa shape index (κ1) is 18.5. The number of carbonyl (C=O) groups excluding carboxylic acids is 1. The van der Waals surface area contributed by atoms with E-state index >= 15 is 0 Å². The predicted octanol–water partition coefficient (Wildman–Crippen LogP) is 2.32. The normalized spacial score (nSPS) is 33.4. The number of nitrogens with zero attached hydrogens (tertiary/aromatic N) is 1. The van der Waals surface area contributed by atoms with E-state index in [1.54, 1.807) is 0 Å². The van der Waals surface area contributed by atoms with Gasteiger partial charge in [-0.1, -0.05) is 6.92 Å². The summed E-state index contributed by atoms with van der Waals surface area (Å²) in [5.41, 5.74) is -0.711. The highest BCUT2D eigenvalue weighted by atomic mass is 19.4. The maximum atomic E-state index is 12.2. The molecule has 0 bridgehead atoms. The van der Waals surface area contributed by atoms with Crippen molar-refractivity contribution in [2.75, 3.05) is 26.2 Å². The van der Waals surface area contributed by atoms with Crippen molar-refractivity contribution in [1.29, 1.82) is 0 Å². The van der Waals surface area contributed by atoms with E-state index in [2.05, 4.69) is 6.92 Å². The summed E-state index contributed by atoms with van der Waals surface area (Å²) in [5, 5.41) is 12.7. The summed E-state index contributed by atoms with van der Waals surface area (Å²) in [4.78, 5) is 13.9. The van der Waals surface area contributed by atoms with Crippen LogP contribution in [0.15, 0.2) is 0 Å².